The van der Waals surface area contributed by atoms with Crippen LogP contribution in [0.25, 0.3) is 0 Å². The van der Waals surface area contributed by atoms with Crippen LogP contribution in [0.5, 0.6) is 0 Å². The number of unbranched alkanes of at least 4 members (excludes halogenated alkanes) is 1. The molecular weight excluding hydrogens is 286 g/mol. The molecule has 0 atom stereocenters. The monoisotopic (exact) mass is 301 g/mol. The van der Waals surface area contributed by atoms with Crippen LogP contribution in [-0.4, -0.2) is 20.9 Å². The molecule has 0 unspecified atom stereocenters. The van der Waals surface area contributed by atoms with Crippen molar-refractivity contribution in [1.29, 1.82) is 0 Å². The van der Waals surface area contributed by atoms with Crippen molar-refractivity contribution < 1.29 is 13.2 Å². The Morgan fingerprint density at radius 2 is 2.16 bits per heavy atom. The van der Waals surface area contributed by atoms with Crippen molar-refractivity contribution in [1.82, 2.24) is 0 Å². The molecule has 0 aromatic heterocycles. The average Bonchev–Trinajstić information content (AvgIpc) is 2.77. The number of fused-ring (bicyclic) bond motifs is 1. The van der Waals surface area contributed by atoms with Gasteiger partial charge in [-0.1, -0.05) is 13.3 Å². The topological polar surface area (TPSA) is 54.5 Å². The Bertz CT molecular complexity index is 598. The fourth-order valence-electron chi connectivity index (χ4n) is 2.25. The highest BCUT2D eigenvalue weighted by Crippen LogP contribution is 2.31. The highest BCUT2D eigenvalue weighted by atomic mass is 35.7. The Morgan fingerprint density at radius 3 is 2.79 bits per heavy atom. The Morgan fingerprint density at radius 1 is 1.42 bits per heavy atom. The van der Waals surface area contributed by atoms with Gasteiger partial charge >= 0.3 is 0 Å². The lowest BCUT2D eigenvalue weighted by atomic mass is 10.2. The molecule has 0 bridgehead atoms. The van der Waals surface area contributed by atoms with E-state index in [1.807, 2.05) is 6.92 Å². The van der Waals surface area contributed by atoms with Gasteiger partial charge in [-0.2, -0.15) is 0 Å². The first-order valence-corrected chi connectivity index (χ1v) is 8.62. The lowest BCUT2D eigenvalue weighted by Crippen LogP contribution is -2.28. The number of halogens is 1. The molecule has 0 N–H and O–H groups in total. The zero-order valence-electron chi connectivity index (χ0n) is 10.7. The fourth-order valence-corrected chi connectivity index (χ4v) is 3.05. The van der Waals surface area contributed by atoms with Crippen LogP contribution in [0.15, 0.2) is 23.1 Å². The van der Waals surface area contributed by atoms with Gasteiger partial charge in [0.25, 0.3) is 9.05 Å². The maximum absolute atomic E-state index is 12.0. The second-order valence-corrected chi connectivity index (χ2v) is 7.19. The third-order valence-corrected chi connectivity index (χ3v) is 4.62. The number of rotatable bonds is 4. The first-order chi connectivity index (χ1) is 8.93. The third kappa shape index (κ3) is 3.09. The van der Waals surface area contributed by atoms with Crippen LogP contribution in [0.1, 0.15) is 31.7 Å². The van der Waals surface area contributed by atoms with Crippen LogP contribution in [-0.2, 0) is 20.3 Å². The summed E-state index contributed by atoms with van der Waals surface area (Å²) in [5.41, 5.74) is 1.68. The maximum Gasteiger partial charge on any atom is 0.261 e. The summed E-state index contributed by atoms with van der Waals surface area (Å²) >= 11 is 0. The molecule has 4 nitrogen and oxygen atoms in total. The van der Waals surface area contributed by atoms with E-state index < -0.39 is 9.05 Å². The first kappa shape index (κ1) is 14.3. The van der Waals surface area contributed by atoms with Gasteiger partial charge in [0.1, 0.15) is 0 Å². The molecule has 1 aromatic rings. The Labute approximate surface area is 117 Å². The minimum absolute atomic E-state index is 0.0933. The third-order valence-electron chi connectivity index (χ3n) is 3.27. The number of carbonyl (C=O) groups is 1. The van der Waals surface area contributed by atoms with Crippen molar-refractivity contribution in [2.24, 2.45) is 0 Å². The molecule has 0 saturated carbocycles. The van der Waals surface area contributed by atoms with E-state index in [1.54, 1.807) is 17.0 Å². The molecule has 1 aliphatic rings. The molecule has 0 radical (unpaired) electrons. The number of hydrogen-bond donors (Lipinski definition) is 0. The number of amides is 1. The molecule has 1 heterocycles. The van der Waals surface area contributed by atoms with Gasteiger partial charge in [0, 0.05) is 29.3 Å². The Kier molecular flexibility index (Phi) is 4.16. The quantitative estimate of drug-likeness (QED) is 0.804. The summed E-state index contributed by atoms with van der Waals surface area (Å²) in [6.07, 6.45) is 3.06. The summed E-state index contributed by atoms with van der Waals surface area (Å²) in [7, 11) is 1.61. The van der Waals surface area contributed by atoms with Crippen LogP contribution in [0, 0.1) is 0 Å². The Balaban J connectivity index is 2.25. The van der Waals surface area contributed by atoms with E-state index in [1.165, 1.54) is 6.07 Å². The SMILES string of the molecule is CCCCC(=O)N1CCc2cc(S(=O)(=O)Cl)ccc21. The number of nitrogens with zero attached hydrogens (tertiary/aromatic N) is 1. The van der Waals surface area contributed by atoms with Crippen molar-refractivity contribution in [3.8, 4) is 0 Å². The minimum Gasteiger partial charge on any atom is -0.312 e. The zero-order chi connectivity index (χ0) is 14.0. The first-order valence-electron chi connectivity index (χ1n) is 6.31. The molecule has 1 aromatic carbocycles. The van der Waals surface area contributed by atoms with Gasteiger partial charge in [0.2, 0.25) is 5.91 Å². The van der Waals surface area contributed by atoms with Crippen molar-refractivity contribution in [2.45, 2.75) is 37.5 Å². The highest BCUT2D eigenvalue weighted by Gasteiger charge is 2.25. The summed E-state index contributed by atoms with van der Waals surface area (Å²) in [5, 5.41) is 0. The van der Waals surface area contributed by atoms with E-state index in [4.69, 9.17) is 10.7 Å². The second kappa shape index (κ2) is 5.51. The van der Waals surface area contributed by atoms with Crippen molar-refractivity contribution >= 4 is 31.3 Å². The van der Waals surface area contributed by atoms with E-state index >= 15 is 0 Å². The van der Waals surface area contributed by atoms with Gasteiger partial charge in [0.15, 0.2) is 0 Å². The van der Waals surface area contributed by atoms with Gasteiger partial charge < -0.3 is 4.90 Å². The number of anilines is 1. The molecule has 1 amide bonds. The van der Waals surface area contributed by atoms with Crippen molar-refractivity contribution in [3.63, 3.8) is 0 Å². The van der Waals surface area contributed by atoms with Gasteiger partial charge in [-0.15, -0.1) is 0 Å². The molecular formula is C13H16ClNO3S. The van der Waals surface area contributed by atoms with E-state index in [9.17, 15) is 13.2 Å². The molecule has 0 aliphatic carbocycles. The molecule has 1 aliphatic heterocycles. The van der Waals surface area contributed by atoms with Crippen LogP contribution < -0.4 is 4.90 Å². The number of benzene rings is 1. The second-order valence-electron chi connectivity index (χ2n) is 4.63. The summed E-state index contributed by atoms with van der Waals surface area (Å²) in [5.74, 6) is 0.0991. The molecule has 0 fully saturated rings. The summed E-state index contributed by atoms with van der Waals surface area (Å²) in [6.45, 7) is 2.66. The zero-order valence-corrected chi connectivity index (χ0v) is 12.3. The van der Waals surface area contributed by atoms with Gasteiger partial charge in [-0.05, 0) is 36.6 Å². The number of hydrogen-bond acceptors (Lipinski definition) is 3. The molecule has 104 valence electrons. The molecule has 2 rings (SSSR count). The summed E-state index contributed by atoms with van der Waals surface area (Å²) < 4.78 is 22.5. The van der Waals surface area contributed by atoms with E-state index in [-0.39, 0.29) is 10.8 Å². The van der Waals surface area contributed by atoms with Crippen molar-refractivity contribution in [3.05, 3.63) is 23.8 Å². The van der Waals surface area contributed by atoms with Gasteiger partial charge in [0.05, 0.1) is 4.90 Å². The Hall–Kier alpha value is -1.07. The molecule has 0 saturated heterocycles. The highest BCUT2D eigenvalue weighted by molar-refractivity contribution is 8.13. The van der Waals surface area contributed by atoms with Crippen molar-refractivity contribution in [2.75, 3.05) is 11.4 Å². The van der Waals surface area contributed by atoms with E-state index in [0.717, 1.165) is 24.1 Å². The van der Waals surface area contributed by atoms with E-state index in [2.05, 4.69) is 0 Å². The largest absolute Gasteiger partial charge is 0.312 e. The predicted octanol–water partition coefficient (Wildman–Crippen LogP) is 2.69. The molecule has 0 spiro atoms. The van der Waals surface area contributed by atoms with Crippen LogP contribution in [0.3, 0.4) is 0 Å². The van der Waals surface area contributed by atoms with Crippen LogP contribution in [0.2, 0.25) is 0 Å². The van der Waals surface area contributed by atoms with Crippen LogP contribution in [0.4, 0.5) is 5.69 Å². The normalized spacial score (nSPS) is 14.5. The van der Waals surface area contributed by atoms with Gasteiger partial charge in [-0.3, -0.25) is 4.79 Å². The average molecular weight is 302 g/mol. The van der Waals surface area contributed by atoms with Gasteiger partial charge in [-0.25, -0.2) is 8.42 Å². The predicted molar refractivity (Wildman–Crippen MR) is 75.1 cm³/mol. The lowest BCUT2D eigenvalue weighted by Gasteiger charge is -2.17. The molecule has 6 heteroatoms. The maximum atomic E-state index is 12.0. The molecule has 19 heavy (non-hydrogen) atoms. The summed E-state index contributed by atoms with van der Waals surface area (Å²) in [4.78, 5) is 13.9. The number of carbonyl (C=O) groups excluding carboxylic acids is 1. The smallest absolute Gasteiger partial charge is 0.261 e. The van der Waals surface area contributed by atoms with Crippen LogP contribution >= 0.6 is 10.7 Å². The summed E-state index contributed by atoms with van der Waals surface area (Å²) in [6, 6.07) is 4.68. The van der Waals surface area contributed by atoms with E-state index in [0.29, 0.717) is 19.4 Å². The lowest BCUT2D eigenvalue weighted by molar-refractivity contribution is -0.118. The standard InChI is InChI=1S/C13H16ClNO3S/c1-2-3-4-13(16)15-8-7-10-9-11(19(14,17)18)5-6-12(10)15/h5-6,9H,2-4,7-8H2,1H3. The fraction of sp³-hybridized carbons (Fsp3) is 0.462. The minimum atomic E-state index is -3.71.